The summed E-state index contributed by atoms with van der Waals surface area (Å²) in [6.45, 7) is 1.35. The maximum Gasteiger partial charge on any atom is 0.164 e. The largest absolute Gasteiger partial charge is 0.324 e. The summed E-state index contributed by atoms with van der Waals surface area (Å²) in [6, 6.07) is 0. The number of tetrazole rings is 1. The molecule has 5 nitrogen and oxygen atoms in total. The lowest BCUT2D eigenvalue weighted by molar-refractivity contribution is 0.315. The molecule has 1 heterocycles. The Kier molecular flexibility index (Phi) is 3.66. The summed E-state index contributed by atoms with van der Waals surface area (Å²) in [5, 5.41) is 11.5. The fourth-order valence-corrected chi connectivity index (χ4v) is 2.32. The van der Waals surface area contributed by atoms with Crippen LogP contribution < -0.4 is 5.73 Å². The summed E-state index contributed by atoms with van der Waals surface area (Å²) >= 11 is 0. The van der Waals surface area contributed by atoms with Crippen molar-refractivity contribution in [1.29, 1.82) is 0 Å². The number of aromatic nitrogens is 4. The average molecular weight is 209 g/mol. The van der Waals surface area contributed by atoms with E-state index in [0.29, 0.717) is 6.54 Å². The minimum Gasteiger partial charge on any atom is -0.324 e. The van der Waals surface area contributed by atoms with Gasteiger partial charge >= 0.3 is 0 Å². The van der Waals surface area contributed by atoms with Gasteiger partial charge in [0, 0.05) is 6.54 Å². The molecule has 15 heavy (non-hydrogen) atoms. The molecule has 0 spiro atoms. The quantitative estimate of drug-likeness (QED) is 0.806. The van der Waals surface area contributed by atoms with E-state index in [1.54, 1.807) is 0 Å². The highest BCUT2D eigenvalue weighted by Gasteiger charge is 2.14. The topological polar surface area (TPSA) is 69.6 Å². The third kappa shape index (κ3) is 2.75. The van der Waals surface area contributed by atoms with Gasteiger partial charge in [-0.25, -0.2) is 4.68 Å². The minimum atomic E-state index is 0.428. The van der Waals surface area contributed by atoms with Crippen LogP contribution in [0, 0.1) is 5.92 Å². The third-order valence-corrected chi connectivity index (χ3v) is 3.26. The number of hydrogen-bond acceptors (Lipinski definition) is 4. The van der Waals surface area contributed by atoms with E-state index in [-0.39, 0.29) is 0 Å². The lowest BCUT2D eigenvalue weighted by Gasteiger charge is -2.21. The van der Waals surface area contributed by atoms with Crippen molar-refractivity contribution in [3.8, 4) is 0 Å². The molecule has 2 N–H and O–H groups in total. The van der Waals surface area contributed by atoms with Crippen molar-refractivity contribution in [1.82, 2.24) is 20.2 Å². The Bertz CT molecular complexity index is 290. The molecule has 0 aromatic carbocycles. The molecule has 0 amide bonds. The second-order valence-electron chi connectivity index (χ2n) is 4.32. The van der Waals surface area contributed by atoms with Crippen molar-refractivity contribution in [2.24, 2.45) is 11.7 Å². The molecule has 0 radical (unpaired) electrons. The highest BCUT2D eigenvalue weighted by molar-refractivity contribution is 4.78. The van der Waals surface area contributed by atoms with Crippen LogP contribution in [-0.2, 0) is 13.1 Å². The van der Waals surface area contributed by atoms with Crippen LogP contribution in [0.1, 0.15) is 44.3 Å². The van der Waals surface area contributed by atoms with Crippen LogP contribution in [0.15, 0.2) is 0 Å². The molecule has 2 rings (SSSR count). The zero-order chi connectivity index (χ0) is 10.5. The van der Waals surface area contributed by atoms with E-state index in [0.717, 1.165) is 18.3 Å². The Hall–Kier alpha value is -0.970. The number of hydrogen-bond donors (Lipinski definition) is 1. The molecule has 1 saturated carbocycles. The van der Waals surface area contributed by atoms with Gasteiger partial charge in [0.25, 0.3) is 0 Å². The molecule has 0 atom stereocenters. The molecule has 84 valence electrons. The van der Waals surface area contributed by atoms with Crippen LogP contribution in [0.5, 0.6) is 0 Å². The van der Waals surface area contributed by atoms with Crippen molar-refractivity contribution in [2.75, 3.05) is 0 Å². The molecule has 1 aliphatic rings. The van der Waals surface area contributed by atoms with Gasteiger partial charge in [0.05, 0.1) is 6.54 Å². The van der Waals surface area contributed by atoms with E-state index in [1.807, 2.05) is 4.68 Å². The predicted molar refractivity (Wildman–Crippen MR) is 56.9 cm³/mol. The van der Waals surface area contributed by atoms with E-state index in [1.165, 1.54) is 38.5 Å². The van der Waals surface area contributed by atoms with Crippen molar-refractivity contribution in [2.45, 2.75) is 51.6 Å². The SMILES string of the molecule is NCc1nnnn1CCC1CCCCC1. The molecule has 0 unspecified atom stereocenters. The molecule has 0 saturated heterocycles. The van der Waals surface area contributed by atoms with Crippen molar-refractivity contribution >= 4 is 0 Å². The average Bonchev–Trinajstić information content (AvgIpc) is 2.75. The Morgan fingerprint density at radius 3 is 2.80 bits per heavy atom. The number of nitrogens with two attached hydrogens (primary N) is 1. The lowest BCUT2D eigenvalue weighted by Crippen LogP contribution is -2.14. The normalized spacial score (nSPS) is 18.2. The van der Waals surface area contributed by atoms with E-state index in [2.05, 4.69) is 15.5 Å². The van der Waals surface area contributed by atoms with Gasteiger partial charge in [0.2, 0.25) is 0 Å². The maximum absolute atomic E-state index is 5.54. The summed E-state index contributed by atoms with van der Waals surface area (Å²) in [7, 11) is 0. The molecule has 1 aliphatic carbocycles. The first-order valence-corrected chi connectivity index (χ1v) is 5.85. The zero-order valence-electron chi connectivity index (χ0n) is 9.10. The van der Waals surface area contributed by atoms with Gasteiger partial charge < -0.3 is 5.73 Å². The fourth-order valence-electron chi connectivity index (χ4n) is 2.32. The standard InChI is InChI=1S/C10H19N5/c11-8-10-12-13-14-15(10)7-6-9-4-2-1-3-5-9/h9H,1-8,11H2. The molecule has 0 aliphatic heterocycles. The highest BCUT2D eigenvalue weighted by Crippen LogP contribution is 2.26. The molecular formula is C10H19N5. The van der Waals surface area contributed by atoms with E-state index in [9.17, 15) is 0 Å². The van der Waals surface area contributed by atoms with Crippen LogP contribution >= 0.6 is 0 Å². The van der Waals surface area contributed by atoms with Crippen LogP contribution in [-0.4, -0.2) is 20.2 Å². The van der Waals surface area contributed by atoms with Crippen LogP contribution in [0.4, 0.5) is 0 Å². The first-order chi connectivity index (χ1) is 7.40. The summed E-state index contributed by atoms with van der Waals surface area (Å²) in [5.74, 6) is 1.67. The minimum absolute atomic E-state index is 0.428. The fraction of sp³-hybridized carbons (Fsp3) is 0.900. The smallest absolute Gasteiger partial charge is 0.164 e. The van der Waals surface area contributed by atoms with Crippen LogP contribution in [0.2, 0.25) is 0 Å². The molecule has 0 bridgehead atoms. The summed E-state index contributed by atoms with van der Waals surface area (Å²) in [4.78, 5) is 0. The van der Waals surface area contributed by atoms with Crippen molar-refractivity contribution < 1.29 is 0 Å². The number of nitrogens with zero attached hydrogens (tertiary/aromatic N) is 4. The molecular weight excluding hydrogens is 190 g/mol. The van der Waals surface area contributed by atoms with Crippen molar-refractivity contribution in [3.63, 3.8) is 0 Å². The molecule has 1 aromatic rings. The third-order valence-electron chi connectivity index (χ3n) is 3.26. The lowest BCUT2D eigenvalue weighted by atomic mass is 9.87. The van der Waals surface area contributed by atoms with Crippen LogP contribution in [0.25, 0.3) is 0 Å². The van der Waals surface area contributed by atoms with Gasteiger partial charge in [-0.3, -0.25) is 0 Å². The molecule has 5 heteroatoms. The monoisotopic (exact) mass is 209 g/mol. The van der Waals surface area contributed by atoms with E-state index >= 15 is 0 Å². The Morgan fingerprint density at radius 2 is 2.07 bits per heavy atom. The van der Waals surface area contributed by atoms with Crippen molar-refractivity contribution in [3.05, 3.63) is 5.82 Å². The summed E-state index contributed by atoms with van der Waals surface area (Å²) < 4.78 is 1.84. The summed E-state index contributed by atoms with van der Waals surface area (Å²) in [6.07, 6.45) is 8.14. The van der Waals surface area contributed by atoms with E-state index in [4.69, 9.17) is 5.73 Å². The zero-order valence-corrected chi connectivity index (χ0v) is 9.10. The first-order valence-electron chi connectivity index (χ1n) is 5.85. The van der Waals surface area contributed by atoms with E-state index < -0.39 is 0 Å². The van der Waals surface area contributed by atoms with Gasteiger partial charge in [-0.2, -0.15) is 0 Å². The second kappa shape index (κ2) is 5.21. The predicted octanol–water partition coefficient (Wildman–Crippen LogP) is 1.10. The Labute approximate surface area is 90.0 Å². The molecule has 1 fully saturated rings. The summed E-state index contributed by atoms with van der Waals surface area (Å²) in [5.41, 5.74) is 5.54. The number of aryl methyl sites for hydroxylation is 1. The molecule has 1 aromatic heterocycles. The van der Waals surface area contributed by atoms with Gasteiger partial charge in [-0.15, -0.1) is 5.10 Å². The van der Waals surface area contributed by atoms with Gasteiger partial charge in [-0.1, -0.05) is 32.1 Å². The van der Waals surface area contributed by atoms with Gasteiger partial charge in [0.15, 0.2) is 5.82 Å². The Morgan fingerprint density at radius 1 is 1.27 bits per heavy atom. The van der Waals surface area contributed by atoms with Gasteiger partial charge in [-0.05, 0) is 22.8 Å². The first kappa shape index (κ1) is 10.5. The highest BCUT2D eigenvalue weighted by atomic mass is 15.5. The van der Waals surface area contributed by atoms with Crippen LogP contribution in [0.3, 0.4) is 0 Å². The maximum atomic E-state index is 5.54. The Balaban J connectivity index is 1.81. The number of rotatable bonds is 4. The van der Waals surface area contributed by atoms with Gasteiger partial charge in [0.1, 0.15) is 0 Å². The second-order valence-corrected chi connectivity index (χ2v) is 4.32.